The highest BCUT2D eigenvalue weighted by atomic mass is 31.2. The molecule has 0 heterocycles. The quantitative estimate of drug-likeness (QED) is 0.0214. The Morgan fingerprint density at radius 1 is 0.648 bits per heavy atom. The largest absolute Gasteiger partial charge is 0.756 e. The molecule has 0 fully saturated rings. The number of allylic oxidation sites excluding steroid dienone is 4. The Kier molecular flexibility index (Phi) is 35.1. The van der Waals surface area contributed by atoms with Crippen LogP contribution in [-0.2, 0) is 27.9 Å². The third-order valence-electron chi connectivity index (χ3n) is 9.73. The molecule has 0 rings (SSSR count). The summed E-state index contributed by atoms with van der Waals surface area (Å²) in [5, 5.41) is 10.1. The molecule has 0 aromatic carbocycles. The fourth-order valence-electron chi connectivity index (χ4n) is 6.25. The van der Waals surface area contributed by atoms with Crippen molar-refractivity contribution in [1.29, 1.82) is 0 Å². The molecule has 0 saturated carbocycles. The van der Waals surface area contributed by atoms with Crippen molar-refractivity contribution in [2.45, 2.75) is 206 Å². The van der Waals surface area contributed by atoms with Crippen molar-refractivity contribution in [2.75, 3.05) is 40.9 Å². The summed E-state index contributed by atoms with van der Waals surface area (Å²) in [6.45, 7) is 4.01. The smallest absolute Gasteiger partial charge is 0.306 e. The van der Waals surface area contributed by atoms with Gasteiger partial charge in [0.15, 0.2) is 18.0 Å². The van der Waals surface area contributed by atoms with Gasteiger partial charge in [0.1, 0.15) is 13.2 Å². The second kappa shape index (κ2) is 36.0. The van der Waals surface area contributed by atoms with E-state index in [2.05, 4.69) is 38.2 Å². The minimum absolute atomic E-state index is 0.0702. The fraction of sp³-hybridized carbons (Fsp3) is 0.864. The van der Waals surface area contributed by atoms with Gasteiger partial charge in [0.05, 0.1) is 27.7 Å². The molecule has 0 bridgehead atoms. The van der Waals surface area contributed by atoms with Gasteiger partial charge in [-0.05, 0) is 44.9 Å². The maximum atomic E-state index is 13.3. The summed E-state index contributed by atoms with van der Waals surface area (Å²) in [5.74, 6) is -1.10. The van der Waals surface area contributed by atoms with Gasteiger partial charge >= 0.3 is 5.97 Å². The van der Waals surface area contributed by atoms with Gasteiger partial charge in [-0.15, -0.1) is 0 Å². The van der Waals surface area contributed by atoms with Crippen LogP contribution in [0.2, 0.25) is 0 Å². The highest BCUT2D eigenvalue weighted by Gasteiger charge is 2.35. The number of phosphoric acid groups is 1. The van der Waals surface area contributed by atoms with Crippen molar-refractivity contribution in [2.24, 2.45) is 0 Å². The Morgan fingerprint density at radius 2 is 1.07 bits per heavy atom. The minimum Gasteiger partial charge on any atom is -0.756 e. The Hall–Kier alpha value is -1.35. The number of quaternary nitrogens is 1. The molecule has 0 aromatic heterocycles. The van der Waals surface area contributed by atoms with Crippen LogP contribution in [0.4, 0.5) is 0 Å². The number of aliphatic hydroxyl groups is 1. The second-order valence-electron chi connectivity index (χ2n) is 16.2. The average molecular weight is 786 g/mol. The van der Waals surface area contributed by atoms with E-state index in [4.69, 9.17) is 13.8 Å². The predicted octanol–water partition coefficient (Wildman–Crippen LogP) is 11.1. The van der Waals surface area contributed by atoms with Crippen LogP contribution in [0.15, 0.2) is 24.3 Å². The summed E-state index contributed by atoms with van der Waals surface area (Å²) in [7, 11) is 0.786. The lowest BCUT2D eigenvalue weighted by molar-refractivity contribution is -0.870. The average Bonchev–Trinajstić information content (AvgIpc) is 3.12. The first-order chi connectivity index (χ1) is 26.0. The van der Waals surface area contributed by atoms with Crippen molar-refractivity contribution in [3.8, 4) is 0 Å². The molecule has 3 atom stereocenters. The maximum absolute atomic E-state index is 13.3. The van der Waals surface area contributed by atoms with Gasteiger partial charge < -0.3 is 28.3 Å². The number of esters is 1. The molecular formula is C44H84NO8P. The molecular weight excluding hydrogens is 701 g/mol. The second-order valence-corrected chi connectivity index (χ2v) is 17.5. The number of hydrogen-bond donors (Lipinski definition) is 1. The lowest BCUT2D eigenvalue weighted by Crippen LogP contribution is -2.43. The number of ether oxygens (including phenoxy) is 1. The molecule has 318 valence electrons. The monoisotopic (exact) mass is 786 g/mol. The third-order valence-corrected chi connectivity index (χ3v) is 10.7. The van der Waals surface area contributed by atoms with Crippen LogP contribution in [0.5, 0.6) is 0 Å². The molecule has 9 nitrogen and oxygen atoms in total. The summed E-state index contributed by atoms with van der Waals surface area (Å²) < 4.78 is 29.0. The number of Topliss-reactive ketones (excluding diaryl/α,β-unsaturated/α-hetero) is 1. The van der Waals surface area contributed by atoms with Crippen molar-refractivity contribution in [1.82, 2.24) is 0 Å². The Bertz CT molecular complexity index is 996. The van der Waals surface area contributed by atoms with E-state index in [-0.39, 0.29) is 19.4 Å². The first-order valence-electron chi connectivity index (χ1n) is 22.0. The van der Waals surface area contributed by atoms with Gasteiger partial charge in [-0.25, -0.2) is 0 Å². The third kappa shape index (κ3) is 35.1. The van der Waals surface area contributed by atoms with Gasteiger partial charge in [0.25, 0.3) is 7.82 Å². The molecule has 0 aliphatic rings. The molecule has 54 heavy (non-hydrogen) atoms. The number of nitrogens with zero attached hydrogens (tertiary/aromatic N) is 1. The number of aliphatic hydroxyl groups excluding tert-OH is 1. The normalized spacial score (nSPS) is 14.5. The number of likely N-dealkylation sites (N-methyl/N-ethyl adjacent to an activating group) is 1. The Morgan fingerprint density at radius 3 is 1.56 bits per heavy atom. The maximum Gasteiger partial charge on any atom is 0.306 e. The Labute approximate surface area is 332 Å². The summed E-state index contributed by atoms with van der Waals surface area (Å²) in [6, 6.07) is 0. The molecule has 1 N–H and O–H groups in total. The molecule has 0 aromatic rings. The SMILES string of the molecule is CCCCC/C=C\C/C=C\CCCCCCCC(=O)O[C@@H](CO)C(OP(=O)([O-])OCC[N+](C)(C)C)C(=O)CCCCCCCCCCCCCCCCC. The number of phosphoric ester groups is 1. The molecule has 0 saturated heterocycles. The number of hydrogen-bond acceptors (Lipinski definition) is 8. The van der Waals surface area contributed by atoms with Gasteiger partial charge in [-0.3, -0.25) is 14.2 Å². The zero-order chi connectivity index (χ0) is 40.2. The first-order valence-corrected chi connectivity index (χ1v) is 23.5. The standard InChI is InChI=1S/C44H84NO8P/c1-6-8-10-12-14-16-18-20-22-24-26-28-30-32-34-36-41(47)44(53-54(49,50)51-39-38-45(3,4)5)42(40-46)52-43(48)37-35-33-31-29-27-25-23-21-19-17-15-13-11-9-7-2/h15,17,21,23,42,44,46H,6-14,16,18-20,22,24-40H2,1-5H3/b17-15-,23-21-/t42-,44?/m0/s1. The van der Waals surface area contributed by atoms with Gasteiger partial charge in [0, 0.05) is 12.8 Å². The van der Waals surface area contributed by atoms with E-state index in [9.17, 15) is 24.2 Å². The van der Waals surface area contributed by atoms with E-state index < -0.39 is 38.4 Å². The van der Waals surface area contributed by atoms with E-state index in [0.717, 1.165) is 64.2 Å². The van der Waals surface area contributed by atoms with Crippen LogP contribution in [0.25, 0.3) is 0 Å². The number of rotatable bonds is 40. The molecule has 0 spiro atoms. The Balaban J connectivity index is 4.65. The molecule has 2 unspecified atom stereocenters. The van der Waals surface area contributed by atoms with Crippen molar-refractivity contribution < 1.29 is 42.4 Å². The van der Waals surface area contributed by atoms with E-state index in [0.29, 0.717) is 23.9 Å². The topological polar surface area (TPSA) is 122 Å². The van der Waals surface area contributed by atoms with E-state index in [1.807, 2.05) is 21.1 Å². The number of carbonyl (C=O) groups excluding carboxylic acids is 2. The molecule has 0 aliphatic heterocycles. The van der Waals surface area contributed by atoms with Gasteiger partial charge in [0.2, 0.25) is 0 Å². The van der Waals surface area contributed by atoms with Crippen LogP contribution in [0, 0.1) is 0 Å². The number of carbonyl (C=O) groups is 2. The summed E-state index contributed by atoms with van der Waals surface area (Å²) in [5.41, 5.74) is 0. The molecule has 0 aliphatic carbocycles. The summed E-state index contributed by atoms with van der Waals surface area (Å²) in [4.78, 5) is 38.8. The van der Waals surface area contributed by atoms with Gasteiger partial charge in [-0.2, -0.15) is 0 Å². The van der Waals surface area contributed by atoms with Crippen LogP contribution in [0.3, 0.4) is 0 Å². The summed E-state index contributed by atoms with van der Waals surface area (Å²) in [6.07, 6.45) is 35.6. The van der Waals surface area contributed by atoms with E-state index >= 15 is 0 Å². The van der Waals surface area contributed by atoms with Crippen molar-refractivity contribution >= 4 is 19.6 Å². The van der Waals surface area contributed by atoms with Crippen LogP contribution in [-0.4, -0.2) is 74.5 Å². The number of unbranched alkanes of at least 4 members (excludes halogenated alkanes) is 22. The molecule has 0 amide bonds. The zero-order valence-electron chi connectivity index (χ0n) is 35.6. The van der Waals surface area contributed by atoms with Crippen LogP contribution >= 0.6 is 7.82 Å². The lowest BCUT2D eigenvalue weighted by atomic mass is 10.0. The first kappa shape index (κ1) is 52.6. The highest BCUT2D eigenvalue weighted by Crippen LogP contribution is 2.41. The highest BCUT2D eigenvalue weighted by molar-refractivity contribution is 7.45. The van der Waals surface area contributed by atoms with E-state index in [1.165, 1.54) is 89.9 Å². The van der Waals surface area contributed by atoms with Gasteiger partial charge in [-0.1, -0.05) is 160 Å². The van der Waals surface area contributed by atoms with Crippen molar-refractivity contribution in [3.05, 3.63) is 24.3 Å². The molecule has 10 heteroatoms. The fourth-order valence-corrected chi connectivity index (χ4v) is 7.14. The number of ketones is 1. The van der Waals surface area contributed by atoms with Crippen molar-refractivity contribution in [3.63, 3.8) is 0 Å². The van der Waals surface area contributed by atoms with Crippen LogP contribution < -0.4 is 4.89 Å². The predicted molar refractivity (Wildman–Crippen MR) is 222 cm³/mol. The lowest BCUT2D eigenvalue weighted by Gasteiger charge is -2.32. The van der Waals surface area contributed by atoms with E-state index in [1.54, 1.807) is 0 Å². The zero-order valence-corrected chi connectivity index (χ0v) is 36.5. The molecule has 0 radical (unpaired) electrons. The summed E-state index contributed by atoms with van der Waals surface area (Å²) >= 11 is 0. The minimum atomic E-state index is -4.92. The van der Waals surface area contributed by atoms with Crippen LogP contribution in [0.1, 0.15) is 194 Å².